The van der Waals surface area contributed by atoms with Crippen LogP contribution in [0.15, 0.2) is 140 Å². The van der Waals surface area contributed by atoms with E-state index in [1.807, 2.05) is 30.3 Å². The Hall–Kier alpha value is -5.01. The van der Waals surface area contributed by atoms with Crippen LogP contribution in [0.2, 0.25) is 0 Å². The molecule has 0 saturated carbocycles. The van der Waals surface area contributed by atoms with Gasteiger partial charge < -0.3 is 0 Å². The van der Waals surface area contributed by atoms with Crippen LogP contribution >= 0.6 is 0 Å². The van der Waals surface area contributed by atoms with E-state index in [2.05, 4.69) is 109 Å². The van der Waals surface area contributed by atoms with Crippen LogP contribution in [0, 0.1) is 0 Å². The molecule has 0 radical (unpaired) electrons. The summed E-state index contributed by atoms with van der Waals surface area (Å²) in [6.07, 6.45) is 1.74. The van der Waals surface area contributed by atoms with Crippen molar-refractivity contribution in [2.45, 2.75) is 18.8 Å². The third-order valence-electron chi connectivity index (χ3n) is 8.93. The smallest absolute Gasteiger partial charge is 0.175 e. The second-order valence-corrected chi connectivity index (χ2v) is 11.1. The third kappa shape index (κ3) is 3.81. The van der Waals surface area contributed by atoms with Gasteiger partial charge in [-0.2, -0.15) is 0 Å². The quantitative estimate of drug-likeness (QED) is 0.205. The highest BCUT2D eigenvalue weighted by Gasteiger charge is 2.32. The number of rotatable bonds is 5. The summed E-state index contributed by atoms with van der Waals surface area (Å²) >= 11 is 0. The lowest BCUT2D eigenvalue weighted by Gasteiger charge is -2.22. The zero-order chi connectivity index (χ0) is 27.3. The number of carbonyl (C=O) groups excluding carboxylic acids is 1. The Labute approximate surface area is 240 Å². The minimum Gasteiger partial charge on any atom is -0.293 e. The van der Waals surface area contributed by atoms with E-state index in [0.717, 1.165) is 40.7 Å². The maximum atomic E-state index is 14.9. The second-order valence-electron chi connectivity index (χ2n) is 11.1. The standard InChI is InChI=1S/C40H28O/c41-40(36-19-9-8-18-33(36)34-22-10-20-31-29-16-6-4-14-27(29)24-37(31)34)39(26-12-2-1-3-13-26)35-23-11-21-32-30-17-7-5-15-28(30)25-38(32)35/h1-23,39H,24-25H2. The largest absolute Gasteiger partial charge is 0.293 e. The monoisotopic (exact) mass is 524 g/mol. The highest BCUT2D eigenvalue weighted by atomic mass is 16.1. The maximum absolute atomic E-state index is 14.9. The molecule has 2 aliphatic rings. The summed E-state index contributed by atoms with van der Waals surface area (Å²) in [7, 11) is 0. The first kappa shape index (κ1) is 23.8. The van der Waals surface area contributed by atoms with Crippen molar-refractivity contribution in [1.82, 2.24) is 0 Å². The molecule has 1 unspecified atom stereocenters. The van der Waals surface area contributed by atoms with Gasteiger partial charge in [0, 0.05) is 5.56 Å². The molecule has 0 bridgehead atoms. The number of hydrogen-bond acceptors (Lipinski definition) is 1. The van der Waals surface area contributed by atoms with E-state index in [9.17, 15) is 4.79 Å². The van der Waals surface area contributed by atoms with Gasteiger partial charge in [0.25, 0.3) is 0 Å². The molecule has 0 saturated heterocycles. The Bertz CT molecular complexity index is 1960. The van der Waals surface area contributed by atoms with Gasteiger partial charge in [-0.05, 0) is 79.6 Å². The Morgan fingerprint density at radius 2 is 0.927 bits per heavy atom. The van der Waals surface area contributed by atoms with Crippen LogP contribution in [0.1, 0.15) is 49.7 Å². The first-order valence-electron chi connectivity index (χ1n) is 14.4. The molecule has 2 aliphatic carbocycles. The summed E-state index contributed by atoms with van der Waals surface area (Å²) in [4.78, 5) is 14.9. The van der Waals surface area contributed by atoms with E-state index >= 15 is 0 Å². The Morgan fingerprint density at radius 1 is 0.439 bits per heavy atom. The van der Waals surface area contributed by atoms with E-state index in [0.29, 0.717) is 0 Å². The number of carbonyl (C=O) groups is 1. The normalized spacial score (nSPS) is 13.2. The van der Waals surface area contributed by atoms with Crippen molar-refractivity contribution < 1.29 is 4.79 Å². The minimum atomic E-state index is -0.393. The molecule has 6 aromatic carbocycles. The van der Waals surface area contributed by atoms with Crippen LogP contribution in [-0.4, -0.2) is 5.78 Å². The Balaban J connectivity index is 1.29. The third-order valence-corrected chi connectivity index (χ3v) is 8.93. The predicted octanol–water partition coefficient (Wildman–Crippen LogP) is 9.51. The van der Waals surface area contributed by atoms with Crippen LogP contribution in [0.5, 0.6) is 0 Å². The van der Waals surface area contributed by atoms with Crippen molar-refractivity contribution in [3.8, 4) is 33.4 Å². The zero-order valence-electron chi connectivity index (χ0n) is 22.7. The lowest BCUT2D eigenvalue weighted by Crippen LogP contribution is -2.17. The van der Waals surface area contributed by atoms with Gasteiger partial charge >= 0.3 is 0 Å². The predicted molar refractivity (Wildman–Crippen MR) is 167 cm³/mol. The molecule has 1 nitrogen and oxygen atoms in total. The van der Waals surface area contributed by atoms with Crippen molar-refractivity contribution in [3.05, 3.63) is 178 Å². The molecule has 0 amide bonds. The Morgan fingerprint density at radius 3 is 1.63 bits per heavy atom. The van der Waals surface area contributed by atoms with Gasteiger partial charge in [-0.3, -0.25) is 4.79 Å². The van der Waals surface area contributed by atoms with Crippen molar-refractivity contribution in [2.75, 3.05) is 0 Å². The van der Waals surface area contributed by atoms with Crippen LogP contribution in [0.3, 0.4) is 0 Å². The summed E-state index contributed by atoms with van der Waals surface area (Å²) in [5, 5.41) is 0. The molecule has 0 aliphatic heterocycles. The molecular weight excluding hydrogens is 496 g/mol. The highest BCUT2D eigenvalue weighted by molar-refractivity contribution is 6.09. The van der Waals surface area contributed by atoms with Crippen molar-refractivity contribution >= 4 is 5.78 Å². The summed E-state index contributed by atoms with van der Waals surface area (Å²) in [5.41, 5.74) is 15.4. The first-order chi connectivity index (χ1) is 20.3. The molecular formula is C40H28O. The summed E-state index contributed by atoms with van der Waals surface area (Å²) in [6.45, 7) is 0. The van der Waals surface area contributed by atoms with Gasteiger partial charge in [0.2, 0.25) is 0 Å². The summed E-state index contributed by atoms with van der Waals surface area (Å²) in [5.74, 6) is -0.250. The number of Topliss-reactive ketones (excluding diaryl/α,β-unsaturated/α-hetero) is 1. The molecule has 0 N–H and O–H groups in total. The fourth-order valence-electron chi connectivity index (χ4n) is 7.07. The van der Waals surface area contributed by atoms with Gasteiger partial charge in [-0.15, -0.1) is 0 Å². The van der Waals surface area contributed by atoms with Crippen molar-refractivity contribution in [3.63, 3.8) is 0 Å². The van der Waals surface area contributed by atoms with Gasteiger partial charge in [0.1, 0.15) is 0 Å². The minimum absolute atomic E-state index is 0.143. The second kappa shape index (κ2) is 9.57. The van der Waals surface area contributed by atoms with E-state index in [4.69, 9.17) is 0 Å². The van der Waals surface area contributed by atoms with E-state index in [1.54, 1.807) is 0 Å². The average molecular weight is 525 g/mol. The molecule has 1 heteroatoms. The fraction of sp³-hybridized carbons (Fsp3) is 0.0750. The van der Waals surface area contributed by atoms with E-state index < -0.39 is 5.92 Å². The number of fused-ring (bicyclic) bond motifs is 6. The van der Waals surface area contributed by atoms with Crippen molar-refractivity contribution in [2.24, 2.45) is 0 Å². The van der Waals surface area contributed by atoms with Crippen LogP contribution in [0.4, 0.5) is 0 Å². The number of ketones is 1. The van der Waals surface area contributed by atoms with Gasteiger partial charge in [-0.1, -0.05) is 140 Å². The number of hydrogen-bond donors (Lipinski definition) is 0. The van der Waals surface area contributed by atoms with Gasteiger partial charge in [0.05, 0.1) is 5.92 Å². The molecule has 194 valence electrons. The first-order valence-corrected chi connectivity index (χ1v) is 14.4. The average Bonchev–Trinajstić information content (AvgIpc) is 3.61. The Kier molecular flexibility index (Phi) is 5.57. The molecule has 0 spiro atoms. The fourth-order valence-corrected chi connectivity index (χ4v) is 7.07. The molecule has 6 aromatic rings. The lowest BCUT2D eigenvalue weighted by atomic mass is 9.79. The molecule has 1 atom stereocenters. The van der Waals surface area contributed by atoms with Crippen LogP contribution in [-0.2, 0) is 12.8 Å². The van der Waals surface area contributed by atoms with Crippen LogP contribution < -0.4 is 0 Å². The van der Waals surface area contributed by atoms with Gasteiger partial charge in [-0.25, -0.2) is 0 Å². The summed E-state index contributed by atoms with van der Waals surface area (Å²) < 4.78 is 0. The maximum Gasteiger partial charge on any atom is 0.175 e. The van der Waals surface area contributed by atoms with E-state index in [-0.39, 0.29) is 5.78 Å². The zero-order valence-corrected chi connectivity index (χ0v) is 22.7. The molecule has 8 rings (SSSR count). The SMILES string of the molecule is O=C(c1ccccc1-c1cccc2c1Cc1ccccc1-2)C(c1ccccc1)c1cccc2c1Cc1ccccc1-2. The molecule has 41 heavy (non-hydrogen) atoms. The lowest BCUT2D eigenvalue weighted by molar-refractivity contribution is 0.0974. The van der Waals surface area contributed by atoms with Crippen LogP contribution in [0.25, 0.3) is 33.4 Å². The molecule has 0 heterocycles. The number of benzene rings is 6. The van der Waals surface area contributed by atoms with Gasteiger partial charge in [0.15, 0.2) is 5.78 Å². The molecule has 0 aromatic heterocycles. The highest BCUT2D eigenvalue weighted by Crippen LogP contribution is 2.45. The molecule has 0 fully saturated rings. The van der Waals surface area contributed by atoms with E-state index in [1.165, 1.54) is 44.5 Å². The topological polar surface area (TPSA) is 17.1 Å². The summed E-state index contributed by atoms with van der Waals surface area (Å²) in [6, 6.07) is 48.8. The van der Waals surface area contributed by atoms with Crippen molar-refractivity contribution in [1.29, 1.82) is 0 Å².